The first-order valence-corrected chi connectivity index (χ1v) is 12.4. The van der Waals surface area contributed by atoms with Crippen molar-refractivity contribution in [1.82, 2.24) is 10.2 Å². The SMILES string of the molecule is CCOc1ccc(C(C(=O)NC2CCCCC2)N(C(=O)Cc2cccs2)C2CC2)cc1. The van der Waals surface area contributed by atoms with Gasteiger partial charge >= 0.3 is 0 Å². The van der Waals surface area contributed by atoms with Crippen LogP contribution in [0, 0.1) is 0 Å². The van der Waals surface area contributed by atoms with Gasteiger partial charge in [-0.15, -0.1) is 11.3 Å². The van der Waals surface area contributed by atoms with E-state index in [0.717, 1.165) is 54.7 Å². The smallest absolute Gasteiger partial charge is 0.247 e. The lowest BCUT2D eigenvalue weighted by atomic mass is 9.94. The van der Waals surface area contributed by atoms with Crippen LogP contribution in [-0.4, -0.2) is 35.4 Å². The summed E-state index contributed by atoms with van der Waals surface area (Å²) in [6, 6.07) is 11.4. The molecule has 2 aliphatic rings. The zero-order chi connectivity index (χ0) is 21.6. The fourth-order valence-corrected chi connectivity index (χ4v) is 5.14. The van der Waals surface area contributed by atoms with Gasteiger partial charge in [0, 0.05) is 17.0 Å². The molecule has 0 spiro atoms. The van der Waals surface area contributed by atoms with Crippen LogP contribution in [-0.2, 0) is 16.0 Å². The molecular formula is C25H32N2O3S. The van der Waals surface area contributed by atoms with Gasteiger partial charge < -0.3 is 15.0 Å². The Kier molecular flexibility index (Phi) is 7.28. The van der Waals surface area contributed by atoms with Gasteiger partial charge in [-0.3, -0.25) is 9.59 Å². The van der Waals surface area contributed by atoms with Crippen LogP contribution in [0.3, 0.4) is 0 Å². The fourth-order valence-electron chi connectivity index (χ4n) is 4.44. The molecule has 2 amide bonds. The van der Waals surface area contributed by atoms with Crippen molar-refractivity contribution < 1.29 is 14.3 Å². The summed E-state index contributed by atoms with van der Waals surface area (Å²) >= 11 is 1.59. The van der Waals surface area contributed by atoms with Gasteiger partial charge in [-0.2, -0.15) is 0 Å². The molecule has 1 unspecified atom stereocenters. The molecule has 1 aromatic carbocycles. The number of thiophene rings is 1. The van der Waals surface area contributed by atoms with E-state index >= 15 is 0 Å². The summed E-state index contributed by atoms with van der Waals surface area (Å²) in [5.41, 5.74) is 0.850. The number of amides is 2. The number of hydrogen-bond donors (Lipinski definition) is 1. The molecule has 2 fully saturated rings. The summed E-state index contributed by atoms with van der Waals surface area (Å²) in [4.78, 5) is 29.9. The molecule has 166 valence electrons. The summed E-state index contributed by atoms with van der Waals surface area (Å²) in [5, 5.41) is 5.26. The number of rotatable bonds is 9. The minimum atomic E-state index is -0.599. The molecule has 2 aromatic rings. The maximum Gasteiger partial charge on any atom is 0.247 e. The van der Waals surface area contributed by atoms with E-state index in [1.165, 1.54) is 6.42 Å². The van der Waals surface area contributed by atoms with Crippen LogP contribution in [0.15, 0.2) is 41.8 Å². The van der Waals surface area contributed by atoms with Crippen LogP contribution in [0.5, 0.6) is 5.75 Å². The number of nitrogens with one attached hydrogen (secondary N) is 1. The van der Waals surface area contributed by atoms with Crippen molar-refractivity contribution in [2.24, 2.45) is 0 Å². The summed E-state index contributed by atoms with van der Waals surface area (Å²) in [5.74, 6) is 0.755. The largest absolute Gasteiger partial charge is 0.494 e. The number of benzene rings is 1. The minimum Gasteiger partial charge on any atom is -0.494 e. The van der Waals surface area contributed by atoms with Crippen molar-refractivity contribution in [3.05, 3.63) is 52.2 Å². The topological polar surface area (TPSA) is 58.6 Å². The Morgan fingerprint density at radius 1 is 1.10 bits per heavy atom. The second-order valence-electron chi connectivity index (χ2n) is 8.54. The summed E-state index contributed by atoms with van der Waals surface area (Å²) in [7, 11) is 0. The summed E-state index contributed by atoms with van der Waals surface area (Å²) < 4.78 is 5.58. The molecule has 6 heteroatoms. The maximum absolute atomic E-state index is 13.6. The Hall–Kier alpha value is -2.34. The molecule has 2 aliphatic carbocycles. The summed E-state index contributed by atoms with van der Waals surface area (Å²) in [6.07, 6.45) is 7.86. The van der Waals surface area contributed by atoms with Gasteiger partial charge in [-0.1, -0.05) is 37.5 Å². The quantitative estimate of drug-likeness (QED) is 0.605. The van der Waals surface area contributed by atoms with Crippen LogP contribution in [0.1, 0.15) is 68.4 Å². The molecule has 1 atom stereocenters. The van der Waals surface area contributed by atoms with Crippen molar-refractivity contribution in [1.29, 1.82) is 0 Å². The van der Waals surface area contributed by atoms with Gasteiger partial charge in [0.05, 0.1) is 13.0 Å². The molecular weight excluding hydrogens is 408 g/mol. The van der Waals surface area contributed by atoms with Crippen LogP contribution < -0.4 is 10.1 Å². The average molecular weight is 441 g/mol. The van der Waals surface area contributed by atoms with E-state index in [4.69, 9.17) is 4.74 Å². The van der Waals surface area contributed by atoms with Crippen molar-refractivity contribution in [3.63, 3.8) is 0 Å². The Bertz CT molecular complexity index is 855. The Labute approximate surface area is 188 Å². The van der Waals surface area contributed by atoms with E-state index in [0.29, 0.717) is 13.0 Å². The lowest BCUT2D eigenvalue weighted by molar-refractivity contribution is -0.141. The highest BCUT2D eigenvalue weighted by Gasteiger charge is 2.41. The van der Waals surface area contributed by atoms with E-state index in [2.05, 4.69) is 5.32 Å². The zero-order valence-corrected chi connectivity index (χ0v) is 19.0. The zero-order valence-electron chi connectivity index (χ0n) is 18.2. The van der Waals surface area contributed by atoms with Crippen molar-refractivity contribution in [2.75, 3.05) is 6.61 Å². The van der Waals surface area contributed by atoms with E-state index in [1.807, 2.05) is 53.6 Å². The third kappa shape index (κ3) is 5.67. The lowest BCUT2D eigenvalue weighted by Crippen LogP contribution is -2.48. The number of carbonyl (C=O) groups is 2. The molecule has 2 saturated carbocycles. The molecule has 1 heterocycles. The first-order valence-electron chi connectivity index (χ1n) is 11.5. The van der Waals surface area contributed by atoms with Crippen LogP contribution in [0.2, 0.25) is 0 Å². The van der Waals surface area contributed by atoms with E-state index in [9.17, 15) is 9.59 Å². The predicted molar refractivity (Wildman–Crippen MR) is 123 cm³/mol. The Morgan fingerprint density at radius 3 is 2.45 bits per heavy atom. The predicted octanol–water partition coefficient (Wildman–Crippen LogP) is 4.87. The molecule has 0 saturated heterocycles. The highest BCUT2D eigenvalue weighted by atomic mass is 32.1. The average Bonchev–Trinajstić information content (AvgIpc) is 3.48. The first kappa shape index (κ1) is 21.9. The third-order valence-corrected chi connectivity index (χ3v) is 7.00. The van der Waals surface area contributed by atoms with E-state index < -0.39 is 6.04 Å². The number of hydrogen-bond acceptors (Lipinski definition) is 4. The Balaban J connectivity index is 1.60. The monoisotopic (exact) mass is 440 g/mol. The molecule has 5 nitrogen and oxygen atoms in total. The van der Waals surface area contributed by atoms with Gasteiger partial charge in [0.1, 0.15) is 11.8 Å². The van der Waals surface area contributed by atoms with Gasteiger partial charge in [0.2, 0.25) is 11.8 Å². The second kappa shape index (κ2) is 10.3. The molecule has 31 heavy (non-hydrogen) atoms. The molecule has 1 N–H and O–H groups in total. The van der Waals surface area contributed by atoms with Crippen LogP contribution in [0.4, 0.5) is 0 Å². The third-order valence-electron chi connectivity index (χ3n) is 6.12. The van der Waals surface area contributed by atoms with E-state index in [1.54, 1.807) is 11.3 Å². The van der Waals surface area contributed by atoms with Gasteiger partial charge in [-0.25, -0.2) is 0 Å². The highest BCUT2D eigenvalue weighted by molar-refractivity contribution is 7.10. The molecule has 0 radical (unpaired) electrons. The van der Waals surface area contributed by atoms with Gasteiger partial charge in [0.15, 0.2) is 0 Å². The van der Waals surface area contributed by atoms with Gasteiger partial charge in [0.25, 0.3) is 0 Å². The second-order valence-corrected chi connectivity index (χ2v) is 9.57. The standard InChI is InChI=1S/C25H32N2O3S/c1-2-30-21-14-10-18(11-15-21)24(25(29)26-19-7-4-3-5-8-19)27(20-12-13-20)23(28)17-22-9-6-16-31-22/h6,9-11,14-16,19-20,24H,2-5,7-8,12-13,17H2,1H3,(H,26,29). The van der Waals surface area contributed by atoms with Crippen LogP contribution >= 0.6 is 11.3 Å². The highest BCUT2D eigenvalue weighted by Crippen LogP contribution is 2.36. The maximum atomic E-state index is 13.6. The fraction of sp³-hybridized carbons (Fsp3) is 0.520. The number of nitrogens with zero attached hydrogens (tertiary/aromatic N) is 1. The normalized spacial score (nSPS) is 17.7. The molecule has 4 rings (SSSR count). The van der Waals surface area contributed by atoms with Crippen molar-refractivity contribution in [3.8, 4) is 5.75 Å². The lowest BCUT2D eigenvalue weighted by Gasteiger charge is -2.33. The number of carbonyl (C=O) groups excluding carboxylic acids is 2. The number of ether oxygens (including phenoxy) is 1. The Morgan fingerprint density at radius 2 is 1.84 bits per heavy atom. The first-order chi connectivity index (χ1) is 15.2. The minimum absolute atomic E-state index is 0.0302. The van der Waals surface area contributed by atoms with Crippen molar-refractivity contribution in [2.45, 2.75) is 76.4 Å². The van der Waals surface area contributed by atoms with Crippen molar-refractivity contribution >= 4 is 23.2 Å². The molecule has 1 aromatic heterocycles. The molecule has 0 aliphatic heterocycles. The molecule has 0 bridgehead atoms. The van der Waals surface area contributed by atoms with Crippen LogP contribution in [0.25, 0.3) is 0 Å². The van der Waals surface area contributed by atoms with Gasteiger partial charge in [-0.05, 0) is 61.7 Å². The van der Waals surface area contributed by atoms with E-state index in [-0.39, 0.29) is 23.9 Å². The summed E-state index contributed by atoms with van der Waals surface area (Å²) in [6.45, 7) is 2.55.